The molecule has 1 aliphatic rings. The van der Waals surface area contributed by atoms with Gasteiger partial charge in [-0.1, -0.05) is 30.9 Å². The van der Waals surface area contributed by atoms with Gasteiger partial charge in [-0.15, -0.1) is 0 Å². The zero-order chi connectivity index (χ0) is 27.2. The van der Waals surface area contributed by atoms with Crippen LogP contribution in [0.15, 0.2) is 55.1 Å². The Bertz CT molecular complexity index is 1130. The number of amides is 3. The lowest BCUT2D eigenvalue weighted by Crippen LogP contribution is -2.54. The molecule has 0 radical (unpaired) electrons. The standard InChI is InChI=1S/C28H35N3O5S/c1-6-18-8-7-9-19(16-18)24(25(32)29-20-10-14-22(35-5)15-11-20)31(21-12-13-21)26(33)23(17-37)30-27(34)36-28(2,3)4/h6-11,14-16,21,23-24,37H,1,12-13,17H2,2-5H3,(H,29,32)(H,30,34). The van der Waals surface area contributed by atoms with Crippen molar-refractivity contribution in [3.8, 4) is 5.75 Å². The summed E-state index contributed by atoms with van der Waals surface area (Å²) in [6.07, 6.45) is 2.48. The van der Waals surface area contributed by atoms with E-state index in [-0.39, 0.29) is 17.7 Å². The Labute approximate surface area is 223 Å². The molecule has 1 fully saturated rings. The normalized spacial score (nSPS) is 14.6. The summed E-state index contributed by atoms with van der Waals surface area (Å²) in [7, 11) is 1.57. The summed E-state index contributed by atoms with van der Waals surface area (Å²) in [5.41, 5.74) is 1.30. The van der Waals surface area contributed by atoms with Gasteiger partial charge in [-0.05, 0) is 75.1 Å². The third-order valence-electron chi connectivity index (χ3n) is 5.71. The Morgan fingerprint density at radius 1 is 1.16 bits per heavy atom. The zero-order valence-electron chi connectivity index (χ0n) is 21.7. The number of hydrogen-bond acceptors (Lipinski definition) is 6. The van der Waals surface area contributed by atoms with Crippen LogP contribution in [0.4, 0.5) is 10.5 Å². The second kappa shape index (κ2) is 12.2. The van der Waals surface area contributed by atoms with E-state index in [1.165, 1.54) is 0 Å². The van der Waals surface area contributed by atoms with Crippen LogP contribution in [-0.2, 0) is 14.3 Å². The van der Waals surface area contributed by atoms with Gasteiger partial charge in [-0.2, -0.15) is 12.6 Å². The molecule has 198 valence electrons. The number of hydrogen-bond donors (Lipinski definition) is 3. The van der Waals surface area contributed by atoms with Gasteiger partial charge in [-0.3, -0.25) is 9.59 Å². The molecule has 0 aliphatic heterocycles. The molecule has 0 saturated heterocycles. The fourth-order valence-corrected chi connectivity index (χ4v) is 4.11. The molecule has 3 rings (SSSR count). The Morgan fingerprint density at radius 3 is 2.38 bits per heavy atom. The summed E-state index contributed by atoms with van der Waals surface area (Å²) in [4.78, 5) is 41.7. The second-order valence-corrected chi connectivity index (χ2v) is 10.2. The highest BCUT2D eigenvalue weighted by Crippen LogP contribution is 2.36. The van der Waals surface area contributed by atoms with E-state index in [0.717, 1.165) is 18.4 Å². The topological polar surface area (TPSA) is 97.0 Å². The zero-order valence-corrected chi connectivity index (χ0v) is 22.6. The van der Waals surface area contributed by atoms with Crippen LogP contribution < -0.4 is 15.4 Å². The first kappa shape index (κ1) is 28.1. The van der Waals surface area contributed by atoms with Crippen molar-refractivity contribution in [2.75, 3.05) is 18.2 Å². The lowest BCUT2D eigenvalue weighted by atomic mass is 10.00. The molecule has 2 aromatic rings. The number of carbonyl (C=O) groups excluding carboxylic acids is 3. The number of nitrogens with one attached hydrogen (secondary N) is 2. The summed E-state index contributed by atoms with van der Waals surface area (Å²) < 4.78 is 10.5. The number of rotatable bonds is 10. The monoisotopic (exact) mass is 525 g/mol. The highest BCUT2D eigenvalue weighted by molar-refractivity contribution is 7.80. The van der Waals surface area contributed by atoms with Crippen molar-refractivity contribution in [3.63, 3.8) is 0 Å². The van der Waals surface area contributed by atoms with Crippen LogP contribution >= 0.6 is 12.6 Å². The first-order valence-electron chi connectivity index (χ1n) is 12.2. The van der Waals surface area contributed by atoms with Crippen LogP contribution in [-0.4, -0.2) is 53.4 Å². The molecule has 0 spiro atoms. The molecule has 9 heteroatoms. The number of thiol groups is 1. The van der Waals surface area contributed by atoms with Gasteiger partial charge in [0.05, 0.1) is 7.11 Å². The van der Waals surface area contributed by atoms with Crippen LogP contribution in [0.3, 0.4) is 0 Å². The fraction of sp³-hybridized carbons (Fsp3) is 0.393. The van der Waals surface area contributed by atoms with Gasteiger partial charge in [0.2, 0.25) is 5.91 Å². The van der Waals surface area contributed by atoms with Crippen LogP contribution in [0.25, 0.3) is 6.08 Å². The number of nitrogens with zero attached hydrogens (tertiary/aromatic N) is 1. The van der Waals surface area contributed by atoms with E-state index >= 15 is 0 Å². The lowest BCUT2D eigenvalue weighted by molar-refractivity contribution is -0.141. The summed E-state index contributed by atoms with van der Waals surface area (Å²) in [5.74, 6) is -0.0715. The maximum absolute atomic E-state index is 13.9. The minimum atomic E-state index is -0.974. The molecule has 2 unspecified atom stereocenters. The largest absolute Gasteiger partial charge is 0.497 e. The fourth-order valence-electron chi connectivity index (χ4n) is 3.87. The quantitative estimate of drug-likeness (QED) is 0.386. The van der Waals surface area contributed by atoms with Crippen LogP contribution in [0.1, 0.15) is 50.8 Å². The van der Waals surface area contributed by atoms with Crippen molar-refractivity contribution in [2.24, 2.45) is 0 Å². The molecule has 8 nitrogen and oxygen atoms in total. The van der Waals surface area contributed by atoms with Crippen molar-refractivity contribution in [2.45, 2.75) is 57.3 Å². The molecule has 0 aromatic heterocycles. The first-order chi connectivity index (χ1) is 17.6. The van der Waals surface area contributed by atoms with Crippen molar-refractivity contribution < 1.29 is 23.9 Å². The van der Waals surface area contributed by atoms with Gasteiger partial charge in [-0.25, -0.2) is 4.79 Å². The maximum atomic E-state index is 13.9. The van der Waals surface area contributed by atoms with E-state index < -0.39 is 29.7 Å². The van der Waals surface area contributed by atoms with Crippen molar-refractivity contribution in [3.05, 3.63) is 66.2 Å². The maximum Gasteiger partial charge on any atom is 0.408 e. The number of benzene rings is 2. The summed E-state index contributed by atoms with van der Waals surface area (Å²) in [6.45, 7) is 9.05. The smallest absolute Gasteiger partial charge is 0.408 e. The molecule has 37 heavy (non-hydrogen) atoms. The average Bonchev–Trinajstić information content (AvgIpc) is 3.70. The summed E-state index contributed by atoms with van der Waals surface area (Å²) in [6, 6.07) is 12.2. The highest BCUT2D eigenvalue weighted by atomic mass is 32.1. The molecule has 1 aliphatic carbocycles. The minimum Gasteiger partial charge on any atom is -0.497 e. The van der Waals surface area contributed by atoms with Crippen LogP contribution in [0.5, 0.6) is 5.75 Å². The van der Waals surface area contributed by atoms with Gasteiger partial charge in [0, 0.05) is 17.5 Å². The lowest BCUT2D eigenvalue weighted by Gasteiger charge is -2.34. The number of alkyl carbamates (subject to hydrolysis) is 1. The number of ether oxygens (including phenoxy) is 2. The molecule has 2 atom stereocenters. The van der Waals surface area contributed by atoms with E-state index in [1.807, 2.05) is 24.3 Å². The third kappa shape index (κ3) is 7.76. The molecule has 0 bridgehead atoms. The predicted molar refractivity (Wildman–Crippen MR) is 148 cm³/mol. The van der Waals surface area contributed by atoms with E-state index in [4.69, 9.17) is 9.47 Å². The third-order valence-corrected chi connectivity index (χ3v) is 6.08. The highest BCUT2D eigenvalue weighted by Gasteiger charge is 2.44. The van der Waals surface area contributed by atoms with Gasteiger partial charge in [0.15, 0.2) is 0 Å². The van der Waals surface area contributed by atoms with E-state index in [1.54, 1.807) is 63.1 Å². The Hall–Kier alpha value is -3.46. The molecular weight excluding hydrogens is 490 g/mol. The van der Waals surface area contributed by atoms with Crippen molar-refractivity contribution in [1.82, 2.24) is 10.2 Å². The molecular formula is C28H35N3O5S. The Balaban J connectivity index is 1.95. The molecule has 3 amide bonds. The molecule has 2 aromatic carbocycles. The second-order valence-electron chi connectivity index (χ2n) is 9.85. The number of carbonyl (C=O) groups is 3. The predicted octanol–water partition coefficient (Wildman–Crippen LogP) is 4.83. The minimum absolute atomic E-state index is 0.0425. The van der Waals surface area contributed by atoms with Gasteiger partial charge in [0.1, 0.15) is 23.4 Å². The Morgan fingerprint density at radius 2 is 1.84 bits per heavy atom. The Kier molecular flexibility index (Phi) is 9.26. The van der Waals surface area contributed by atoms with Crippen molar-refractivity contribution in [1.29, 1.82) is 0 Å². The van der Waals surface area contributed by atoms with E-state index in [0.29, 0.717) is 17.0 Å². The molecule has 2 N–H and O–H groups in total. The van der Waals surface area contributed by atoms with Crippen LogP contribution in [0, 0.1) is 0 Å². The number of anilines is 1. The molecule has 1 saturated carbocycles. The van der Waals surface area contributed by atoms with Gasteiger partial charge in [0.25, 0.3) is 5.91 Å². The SMILES string of the molecule is C=Cc1cccc(C(C(=O)Nc2ccc(OC)cc2)N(C(=O)C(CS)NC(=O)OC(C)(C)C)C2CC2)c1. The average molecular weight is 526 g/mol. The van der Waals surface area contributed by atoms with Gasteiger partial charge < -0.3 is 25.0 Å². The summed E-state index contributed by atoms with van der Waals surface area (Å²) in [5, 5.41) is 5.56. The van der Waals surface area contributed by atoms with E-state index in [2.05, 4.69) is 29.8 Å². The first-order valence-corrected chi connectivity index (χ1v) is 12.8. The van der Waals surface area contributed by atoms with Crippen molar-refractivity contribution >= 4 is 42.3 Å². The molecule has 0 heterocycles. The number of methoxy groups -OCH3 is 1. The van der Waals surface area contributed by atoms with Gasteiger partial charge >= 0.3 is 6.09 Å². The van der Waals surface area contributed by atoms with E-state index in [9.17, 15) is 14.4 Å². The summed E-state index contributed by atoms with van der Waals surface area (Å²) >= 11 is 4.32. The van der Waals surface area contributed by atoms with Crippen LogP contribution in [0.2, 0.25) is 0 Å².